The fourth-order valence-corrected chi connectivity index (χ4v) is 8.11. The Hall–Kier alpha value is -4.93. The molecule has 3 aliphatic carbocycles. The molecule has 0 amide bonds. The molecule has 4 nitrogen and oxygen atoms in total. The molecular formula is C44H46N4. The second kappa shape index (κ2) is 12.9. The Kier molecular flexibility index (Phi) is 8.53. The first-order valence-corrected chi connectivity index (χ1v) is 17.3. The minimum absolute atomic E-state index is 0.100. The van der Waals surface area contributed by atoms with Crippen LogP contribution in [0.1, 0.15) is 64.0 Å². The smallest absolute Gasteiger partial charge is 0.143 e. The first-order valence-electron chi connectivity index (χ1n) is 17.3. The van der Waals surface area contributed by atoms with E-state index in [1.165, 1.54) is 44.8 Å². The summed E-state index contributed by atoms with van der Waals surface area (Å²) < 4.78 is 0. The number of hydrogen-bond acceptors (Lipinski definition) is 4. The lowest BCUT2D eigenvalue weighted by Gasteiger charge is -2.49. The Morgan fingerprint density at radius 1 is 0.917 bits per heavy atom. The third kappa shape index (κ3) is 5.07. The largest absolute Gasteiger partial charge is 0.314 e. The fourth-order valence-electron chi connectivity index (χ4n) is 8.11. The summed E-state index contributed by atoms with van der Waals surface area (Å²) in [6.45, 7) is 15.4. The van der Waals surface area contributed by atoms with Gasteiger partial charge in [-0.15, -0.1) is 0 Å². The Morgan fingerprint density at radius 2 is 1.65 bits per heavy atom. The lowest BCUT2D eigenvalue weighted by Crippen LogP contribution is -2.54. The van der Waals surface area contributed by atoms with Crippen LogP contribution in [0, 0.1) is 0 Å². The third-order valence-corrected chi connectivity index (χ3v) is 10.6. The topological polar surface area (TPSA) is 30.9 Å². The standard InChI is InChI=1S/C44H46N4/c1-6-32(4)42-45-41(46-48(42)43(5)30-18-11-19-31-43)33-26-28-36(29-27-33)47-39(8-3)37(7-2)44(34-20-12-9-13-21-34,35-22-14-10-15-23-35)38-24-16-17-25-40(38)47/h6-15,17-23,25-26,28,30,41,46H,2-3,16,24,27,29,31H2,1,4-5H3/b32-6+/t41-,43?/m1/s1. The zero-order valence-electron chi connectivity index (χ0n) is 28.5. The van der Waals surface area contributed by atoms with Crippen molar-refractivity contribution in [2.45, 2.75) is 70.0 Å². The molecule has 1 N–H and O–H groups in total. The molecule has 0 spiro atoms. The highest BCUT2D eigenvalue weighted by Gasteiger charge is 2.48. The van der Waals surface area contributed by atoms with Gasteiger partial charge in [-0.05, 0) is 105 Å². The molecule has 2 atom stereocenters. The molecule has 0 bridgehead atoms. The van der Waals surface area contributed by atoms with Crippen LogP contribution < -0.4 is 5.43 Å². The van der Waals surface area contributed by atoms with Crippen LogP contribution in [0.15, 0.2) is 185 Å². The Balaban J connectivity index is 1.32. The number of hydrogen-bond donors (Lipinski definition) is 1. The zero-order chi connectivity index (χ0) is 33.3. The number of amidine groups is 1. The molecule has 1 unspecified atom stereocenters. The summed E-state index contributed by atoms with van der Waals surface area (Å²) in [5, 5.41) is 2.28. The first-order chi connectivity index (χ1) is 23.5. The van der Waals surface area contributed by atoms with Crippen LogP contribution in [0.3, 0.4) is 0 Å². The molecule has 7 rings (SSSR count). The molecule has 0 fully saturated rings. The molecule has 2 heterocycles. The van der Waals surface area contributed by atoms with Crippen molar-refractivity contribution in [1.29, 1.82) is 0 Å². The summed E-state index contributed by atoms with van der Waals surface area (Å²) in [5.74, 6) is 1.02. The highest BCUT2D eigenvalue weighted by molar-refractivity contribution is 5.99. The van der Waals surface area contributed by atoms with E-state index < -0.39 is 5.41 Å². The molecule has 242 valence electrons. The van der Waals surface area contributed by atoms with Gasteiger partial charge in [0, 0.05) is 17.1 Å². The van der Waals surface area contributed by atoms with Gasteiger partial charge in [-0.1, -0.05) is 122 Å². The van der Waals surface area contributed by atoms with Crippen molar-refractivity contribution < 1.29 is 0 Å². The first kappa shape index (κ1) is 31.7. The van der Waals surface area contributed by atoms with Crippen molar-refractivity contribution in [3.8, 4) is 0 Å². The molecule has 0 saturated carbocycles. The van der Waals surface area contributed by atoms with Gasteiger partial charge in [0.25, 0.3) is 0 Å². The average molecular weight is 631 g/mol. The molecular weight excluding hydrogens is 585 g/mol. The maximum atomic E-state index is 5.26. The minimum atomic E-state index is -0.466. The predicted octanol–water partition coefficient (Wildman–Crippen LogP) is 9.91. The monoisotopic (exact) mass is 630 g/mol. The molecule has 4 heteroatoms. The van der Waals surface area contributed by atoms with Gasteiger partial charge in [0.1, 0.15) is 12.0 Å². The van der Waals surface area contributed by atoms with E-state index in [0.717, 1.165) is 43.6 Å². The third-order valence-electron chi connectivity index (χ3n) is 10.6. The Bertz CT molecular complexity index is 1850. The summed E-state index contributed by atoms with van der Waals surface area (Å²) >= 11 is 0. The van der Waals surface area contributed by atoms with Crippen LogP contribution in [-0.2, 0) is 5.41 Å². The van der Waals surface area contributed by atoms with Crippen molar-refractivity contribution in [2.24, 2.45) is 4.99 Å². The zero-order valence-corrected chi connectivity index (χ0v) is 28.5. The van der Waals surface area contributed by atoms with E-state index in [-0.39, 0.29) is 11.7 Å². The minimum Gasteiger partial charge on any atom is -0.314 e. The van der Waals surface area contributed by atoms with Crippen LogP contribution in [-0.4, -0.2) is 27.4 Å². The van der Waals surface area contributed by atoms with E-state index in [9.17, 15) is 0 Å². The lowest BCUT2D eigenvalue weighted by molar-refractivity contribution is 0.181. The SMILES string of the molecule is C=CC1=C(C=C)C(c2ccccc2)(c2ccccc2)C2=C(C=CCC2)N1C1=CC=C([C@@H]2N=C(/C(C)=C/C)N(C3(C)C=CC=CC3)N2)CC1. The van der Waals surface area contributed by atoms with Gasteiger partial charge in [-0.25, -0.2) is 10.4 Å². The molecule has 2 aliphatic heterocycles. The Labute approximate surface area is 286 Å². The molecule has 0 aromatic heterocycles. The summed E-state index contributed by atoms with van der Waals surface area (Å²) in [7, 11) is 0. The second-order valence-electron chi connectivity index (χ2n) is 13.4. The van der Waals surface area contributed by atoms with Crippen LogP contribution in [0.2, 0.25) is 0 Å². The Morgan fingerprint density at radius 3 is 2.23 bits per heavy atom. The van der Waals surface area contributed by atoms with Crippen molar-refractivity contribution in [3.63, 3.8) is 0 Å². The van der Waals surface area contributed by atoms with Crippen molar-refractivity contribution in [1.82, 2.24) is 15.3 Å². The van der Waals surface area contributed by atoms with E-state index in [4.69, 9.17) is 4.99 Å². The van der Waals surface area contributed by atoms with E-state index in [1.54, 1.807) is 0 Å². The quantitative estimate of drug-likeness (QED) is 0.315. The highest BCUT2D eigenvalue weighted by Crippen LogP contribution is 2.55. The molecule has 2 aromatic rings. The van der Waals surface area contributed by atoms with E-state index in [1.807, 2.05) is 6.08 Å². The maximum Gasteiger partial charge on any atom is 0.143 e. The summed E-state index contributed by atoms with van der Waals surface area (Å²) in [5.41, 5.74) is 14.3. The second-order valence-corrected chi connectivity index (χ2v) is 13.4. The van der Waals surface area contributed by atoms with Gasteiger partial charge < -0.3 is 4.90 Å². The number of hydrazine groups is 1. The van der Waals surface area contributed by atoms with Crippen LogP contribution >= 0.6 is 0 Å². The van der Waals surface area contributed by atoms with E-state index in [2.05, 4.69) is 171 Å². The predicted molar refractivity (Wildman–Crippen MR) is 201 cm³/mol. The van der Waals surface area contributed by atoms with Crippen molar-refractivity contribution >= 4 is 5.84 Å². The molecule has 2 aromatic carbocycles. The maximum absolute atomic E-state index is 5.26. The van der Waals surface area contributed by atoms with Crippen LogP contribution in [0.5, 0.6) is 0 Å². The molecule has 5 aliphatic rings. The number of nitrogens with zero attached hydrogens (tertiary/aromatic N) is 3. The van der Waals surface area contributed by atoms with Crippen LogP contribution in [0.4, 0.5) is 0 Å². The number of rotatable bonds is 8. The summed E-state index contributed by atoms with van der Waals surface area (Å²) in [4.78, 5) is 7.72. The van der Waals surface area contributed by atoms with Gasteiger partial charge in [0.15, 0.2) is 0 Å². The number of benzene rings is 2. The lowest BCUT2D eigenvalue weighted by atomic mass is 9.60. The number of nitrogens with one attached hydrogen (secondary N) is 1. The van der Waals surface area contributed by atoms with Crippen molar-refractivity contribution in [3.05, 3.63) is 191 Å². The number of aliphatic imine (C=N–C) groups is 1. The van der Waals surface area contributed by atoms with Crippen molar-refractivity contribution in [2.75, 3.05) is 0 Å². The van der Waals surface area contributed by atoms with Gasteiger partial charge in [-0.2, -0.15) is 0 Å². The van der Waals surface area contributed by atoms with Crippen LogP contribution in [0.25, 0.3) is 0 Å². The molecule has 48 heavy (non-hydrogen) atoms. The van der Waals surface area contributed by atoms with Gasteiger partial charge >= 0.3 is 0 Å². The normalized spacial score (nSPS) is 25.1. The van der Waals surface area contributed by atoms with E-state index >= 15 is 0 Å². The molecule has 0 saturated heterocycles. The summed E-state index contributed by atoms with van der Waals surface area (Å²) in [6.07, 6.45) is 28.9. The van der Waals surface area contributed by atoms with Gasteiger partial charge in [0.05, 0.1) is 11.0 Å². The van der Waals surface area contributed by atoms with Gasteiger partial charge in [0.2, 0.25) is 0 Å². The molecule has 0 radical (unpaired) electrons. The van der Waals surface area contributed by atoms with E-state index in [0.29, 0.717) is 0 Å². The van der Waals surface area contributed by atoms with Gasteiger partial charge in [-0.3, -0.25) is 5.01 Å². The summed E-state index contributed by atoms with van der Waals surface area (Å²) in [6, 6.07) is 21.9. The highest BCUT2D eigenvalue weighted by atomic mass is 15.6. The average Bonchev–Trinajstić information content (AvgIpc) is 3.61. The fraction of sp³-hybridized carbons (Fsp3) is 0.250. The number of allylic oxidation sites excluding steroid dienone is 12.